The number of carbonyl (C=O) groups is 2. The van der Waals surface area contributed by atoms with Crippen molar-refractivity contribution in [2.45, 2.75) is 6.92 Å². The van der Waals surface area contributed by atoms with Crippen LogP contribution in [0.4, 0.5) is 5.69 Å². The topological polar surface area (TPSA) is 55.8 Å². The minimum atomic E-state index is -0.444. The minimum Gasteiger partial charge on any atom is -0.465 e. The first-order valence-corrected chi connectivity index (χ1v) is 8.29. The predicted molar refractivity (Wildman–Crippen MR) is 97.4 cm³/mol. The van der Waals surface area contributed by atoms with E-state index in [1.165, 1.54) is 19.2 Å². The molecular weight excluding hydrogens is 342 g/mol. The number of likely N-dealkylation sites (N-methyl/N-ethyl adjacent to an activating group) is 1. The Bertz CT molecular complexity index is 730. The molecule has 0 saturated carbocycles. The highest BCUT2D eigenvalue weighted by Gasteiger charge is 2.11. The van der Waals surface area contributed by atoms with Crippen LogP contribution in [0.15, 0.2) is 48.5 Å². The van der Waals surface area contributed by atoms with E-state index in [0.717, 1.165) is 12.2 Å². The lowest BCUT2D eigenvalue weighted by atomic mass is 10.1. The number of hydrogen-bond donors (Lipinski definition) is 0. The highest BCUT2D eigenvalue weighted by Crippen LogP contribution is 2.19. The van der Waals surface area contributed by atoms with Gasteiger partial charge in [-0.1, -0.05) is 17.7 Å². The maximum absolute atomic E-state index is 12.1. The summed E-state index contributed by atoms with van der Waals surface area (Å²) in [5.41, 5.74) is 1.75. The molecule has 0 N–H and O–H groups in total. The van der Waals surface area contributed by atoms with Gasteiger partial charge in [0.25, 0.3) is 0 Å². The third kappa shape index (κ3) is 5.22. The summed E-state index contributed by atoms with van der Waals surface area (Å²) in [5, 5.41) is 0.665. The number of rotatable bonds is 7. The fourth-order valence-corrected chi connectivity index (χ4v) is 2.52. The van der Waals surface area contributed by atoms with Crippen LogP contribution < -0.4 is 4.90 Å². The Balaban J connectivity index is 1.89. The van der Waals surface area contributed by atoms with Crippen LogP contribution in [0.1, 0.15) is 27.6 Å². The average Bonchev–Trinajstić information content (AvgIpc) is 2.64. The largest absolute Gasteiger partial charge is 0.465 e. The van der Waals surface area contributed by atoms with Crippen molar-refractivity contribution >= 4 is 29.2 Å². The summed E-state index contributed by atoms with van der Waals surface area (Å²) in [7, 11) is 1.31. The van der Waals surface area contributed by atoms with E-state index in [9.17, 15) is 9.59 Å². The van der Waals surface area contributed by atoms with Gasteiger partial charge in [0.15, 0.2) is 0 Å². The van der Waals surface area contributed by atoms with Crippen LogP contribution in [0.25, 0.3) is 0 Å². The van der Waals surface area contributed by atoms with E-state index in [4.69, 9.17) is 16.3 Å². The fraction of sp³-hybridized carbons (Fsp3) is 0.263. The summed E-state index contributed by atoms with van der Waals surface area (Å²) in [6, 6.07) is 13.7. The summed E-state index contributed by atoms with van der Waals surface area (Å²) in [5.74, 6) is -0.876. The van der Waals surface area contributed by atoms with Gasteiger partial charge in [-0.2, -0.15) is 0 Å². The zero-order valence-electron chi connectivity index (χ0n) is 14.2. The van der Waals surface area contributed by atoms with Crippen molar-refractivity contribution in [3.8, 4) is 0 Å². The molecule has 0 atom stereocenters. The third-order valence-electron chi connectivity index (χ3n) is 3.69. The second-order valence-corrected chi connectivity index (χ2v) is 5.70. The smallest absolute Gasteiger partial charge is 0.338 e. The third-order valence-corrected chi connectivity index (χ3v) is 3.93. The molecule has 0 heterocycles. The van der Waals surface area contributed by atoms with Gasteiger partial charge in [-0.25, -0.2) is 9.59 Å². The normalized spacial score (nSPS) is 10.2. The number of esters is 2. The van der Waals surface area contributed by atoms with Crippen LogP contribution in [0.3, 0.4) is 0 Å². The van der Waals surface area contributed by atoms with Crippen molar-refractivity contribution in [3.63, 3.8) is 0 Å². The molecule has 2 aromatic carbocycles. The average molecular weight is 362 g/mol. The molecule has 5 nitrogen and oxygen atoms in total. The number of nitrogens with zero attached hydrogens (tertiary/aromatic N) is 1. The van der Waals surface area contributed by atoms with E-state index < -0.39 is 11.9 Å². The van der Waals surface area contributed by atoms with Gasteiger partial charge in [0.1, 0.15) is 6.61 Å². The van der Waals surface area contributed by atoms with Gasteiger partial charge in [-0.3, -0.25) is 0 Å². The molecule has 0 radical (unpaired) electrons. The van der Waals surface area contributed by atoms with Crippen LogP contribution in [-0.2, 0) is 9.47 Å². The first-order valence-electron chi connectivity index (χ1n) is 7.91. The quantitative estimate of drug-likeness (QED) is 0.702. The monoisotopic (exact) mass is 361 g/mol. The number of carbonyl (C=O) groups excluding carboxylic acids is 2. The second kappa shape index (κ2) is 9.08. The SMILES string of the molecule is CCN(CCOC(=O)c1ccc(C(=O)OC)cc1)c1cccc(Cl)c1. The van der Waals surface area contributed by atoms with Crippen LogP contribution in [0, 0.1) is 0 Å². The first kappa shape index (κ1) is 18.8. The van der Waals surface area contributed by atoms with Gasteiger partial charge in [-0.05, 0) is 49.4 Å². The Morgan fingerprint density at radius 2 is 1.68 bits per heavy atom. The number of anilines is 1. The molecular formula is C19H20ClNO4. The molecule has 0 aliphatic rings. The highest BCUT2D eigenvalue weighted by atomic mass is 35.5. The number of halogens is 1. The summed E-state index contributed by atoms with van der Waals surface area (Å²) in [6.07, 6.45) is 0. The molecule has 132 valence electrons. The van der Waals surface area contributed by atoms with Crippen molar-refractivity contribution in [3.05, 3.63) is 64.7 Å². The predicted octanol–water partition coefficient (Wildman–Crippen LogP) is 3.81. The summed E-state index contributed by atoms with van der Waals surface area (Å²) in [6.45, 7) is 3.60. The zero-order valence-corrected chi connectivity index (χ0v) is 15.0. The van der Waals surface area contributed by atoms with Crippen molar-refractivity contribution in [1.82, 2.24) is 0 Å². The Morgan fingerprint density at radius 3 is 2.24 bits per heavy atom. The molecule has 2 aromatic rings. The molecule has 6 heteroatoms. The molecule has 0 saturated heterocycles. The lowest BCUT2D eigenvalue weighted by Crippen LogP contribution is -2.28. The Labute approximate surface area is 152 Å². The summed E-state index contributed by atoms with van der Waals surface area (Å²) in [4.78, 5) is 25.5. The van der Waals surface area contributed by atoms with E-state index in [1.807, 2.05) is 31.2 Å². The van der Waals surface area contributed by atoms with E-state index in [0.29, 0.717) is 22.7 Å². The van der Waals surface area contributed by atoms with Gasteiger partial charge in [0, 0.05) is 17.3 Å². The number of ether oxygens (including phenoxy) is 2. The van der Waals surface area contributed by atoms with Gasteiger partial charge in [0.05, 0.1) is 24.8 Å². The van der Waals surface area contributed by atoms with Gasteiger partial charge in [-0.15, -0.1) is 0 Å². The zero-order chi connectivity index (χ0) is 18.2. The van der Waals surface area contributed by atoms with E-state index in [-0.39, 0.29) is 6.61 Å². The molecule has 0 aliphatic heterocycles. The van der Waals surface area contributed by atoms with E-state index >= 15 is 0 Å². The highest BCUT2D eigenvalue weighted by molar-refractivity contribution is 6.30. The van der Waals surface area contributed by atoms with E-state index in [1.54, 1.807) is 12.1 Å². The minimum absolute atomic E-state index is 0.248. The standard InChI is InChI=1S/C19H20ClNO4/c1-3-21(17-6-4-5-16(20)13-17)11-12-25-19(23)15-9-7-14(8-10-15)18(22)24-2/h4-10,13H,3,11-12H2,1-2H3. The maximum Gasteiger partial charge on any atom is 0.338 e. The molecule has 0 amide bonds. The summed E-state index contributed by atoms with van der Waals surface area (Å²) >= 11 is 6.01. The first-order chi connectivity index (χ1) is 12.0. The number of methoxy groups -OCH3 is 1. The van der Waals surface area contributed by atoms with Gasteiger partial charge >= 0.3 is 11.9 Å². The van der Waals surface area contributed by atoms with Gasteiger partial charge in [0.2, 0.25) is 0 Å². The van der Waals surface area contributed by atoms with Crippen LogP contribution in [-0.4, -0.2) is 38.7 Å². The molecule has 2 rings (SSSR count). The van der Waals surface area contributed by atoms with E-state index in [2.05, 4.69) is 9.64 Å². The Morgan fingerprint density at radius 1 is 1.04 bits per heavy atom. The number of hydrogen-bond acceptors (Lipinski definition) is 5. The Kier molecular flexibility index (Phi) is 6.83. The van der Waals surface area contributed by atoms with Crippen molar-refractivity contribution in [2.75, 3.05) is 31.7 Å². The van der Waals surface area contributed by atoms with Crippen molar-refractivity contribution in [2.24, 2.45) is 0 Å². The van der Waals surface area contributed by atoms with Crippen molar-refractivity contribution < 1.29 is 19.1 Å². The van der Waals surface area contributed by atoms with Crippen LogP contribution in [0.2, 0.25) is 5.02 Å². The molecule has 25 heavy (non-hydrogen) atoms. The molecule has 0 spiro atoms. The van der Waals surface area contributed by atoms with Gasteiger partial charge < -0.3 is 14.4 Å². The summed E-state index contributed by atoms with van der Waals surface area (Å²) < 4.78 is 9.93. The second-order valence-electron chi connectivity index (χ2n) is 5.26. The molecule has 0 bridgehead atoms. The maximum atomic E-state index is 12.1. The molecule has 0 fully saturated rings. The Hall–Kier alpha value is -2.53. The lowest BCUT2D eigenvalue weighted by molar-refractivity contribution is 0.0513. The van der Waals surface area contributed by atoms with Crippen LogP contribution in [0.5, 0.6) is 0 Å². The number of benzene rings is 2. The fourth-order valence-electron chi connectivity index (χ4n) is 2.33. The van der Waals surface area contributed by atoms with Crippen molar-refractivity contribution in [1.29, 1.82) is 0 Å². The molecule has 0 aromatic heterocycles. The lowest BCUT2D eigenvalue weighted by Gasteiger charge is -2.23. The van der Waals surface area contributed by atoms with Crippen LogP contribution >= 0.6 is 11.6 Å². The molecule has 0 unspecified atom stereocenters. The molecule has 0 aliphatic carbocycles.